The van der Waals surface area contributed by atoms with E-state index in [9.17, 15) is 4.79 Å². The number of pyridine rings is 1. The maximum absolute atomic E-state index is 10.9. The van der Waals surface area contributed by atoms with Crippen LogP contribution in [0, 0.1) is 6.92 Å². The monoisotopic (exact) mass is 252 g/mol. The van der Waals surface area contributed by atoms with Crippen LogP contribution in [0.15, 0.2) is 48.8 Å². The second-order valence-corrected chi connectivity index (χ2v) is 4.48. The van der Waals surface area contributed by atoms with Crippen molar-refractivity contribution in [2.24, 2.45) is 0 Å². The van der Waals surface area contributed by atoms with Crippen LogP contribution in [-0.2, 0) is 0 Å². The molecular weight excluding hydrogens is 240 g/mol. The van der Waals surface area contributed by atoms with Gasteiger partial charge in [0, 0.05) is 12.4 Å². The van der Waals surface area contributed by atoms with Gasteiger partial charge in [-0.05, 0) is 30.2 Å². The molecule has 0 bridgehead atoms. The van der Waals surface area contributed by atoms with Crippen molar-refractivity contribution in [3.8, 4) is 11.1 Å². The summed E-state index contributed by atoms with van der Waals surface area (Å²) in [6, 6.07) is 11.9. The largest absolute Gasteiger partial charge is 0.476 e. The van der Waals surface area contributed by atoms with E-state index < -0.39 is 5.97 Å². The zero-order chi connectivity index (χ0) is 13.4. The molecule has 1 N–H and O–H groups in total. The van der Waals surface area contributed by atoms with Crippen LogP contribution in [0.5, 0.6) is 0 Å². The van der Waals surface area contributed by atoms with E-state index in [0.29, 0.717) is 5.65 Å². The van der Waals surface area contributed by atoms with Gasteiger partial charge in [0.25, 0.3) is 0 Å². The number of hydrogen-bond acceptors (Lipinski definition) is 2. The molecule has 0 radical (unpaired) electrons. The molecule has 2 aromatic heterocycles. The molecule has 1 aromatic carbocycles. The smallest absolute Gasteiger partial charge is 0.356 e. The standard InChI is InChI=1S/C15H12N2O2/c1-10-3-2-4-11(7-10)12-5-6-14-16-13(15(18)19)9-17(14)8-12/h2-9H,1H3,(H,18,19). The molecule has 0 fully saturated rings. The number of rotatable bonds is 2. The number of aromatic carboxylic acids is 1. The van der Waals surface area contributed by atoms with Gasteiger partial charge >= 0.3 is 5.97 Å². The van der Waals surface area contributed by atoms with Gasteiger partial charge in [-0.15, -0.1) is 0 Å². The first-order valence-corrected chi connectivity index (χ1v) is 5.92. The highest BCUT2D eigenvalue weighted by atomic mass is 16.4. The van der Waals surface area contributed by atoms with Crippen LogP contribution in [-0.4, -0.2) is 20.5 Å². The maximum Gasteiger partial charge on any atom is 0.356 e. The quantitative estimate of drug-likeness (QED) is 0.762. The van der Waals surface area contributed by atoms with Gasteiger partial charge in [-0.2, -0.15) is 0 Å². The van der Waals surface area contributed by atoms with E-state index in [1.807, 2.05) is 43.5 Å². The predicted molar refractivity (Wildman–Crippen MR) is 72.3 cm³/mol. The van der Waals surface area contributed by atoms with Gasteiger partial charge in [0.2, 0.25) is 0 Å². The molecule has 0 unspecified atom stereocenters. The number of fused-ring (bicyclic) bond motifs is 1. The zero-order valence-electron chi connectivity index (χ0n) is 10.4. The summed E-state index contributed by atoms with van der Waals surface area (Å²) >= 11 is 0. The summed E-state index contributed by atoms with van der Waals surface area (Å²) in [6.07, 6.45) is 3.42. The Labute approximate surface area is 110 Å². The lowest BCUT2D eigenvalue weighted by molar-refractivity contribution is 0.0691. The van der Waals surface area contributed by atoms with Gasteiger partial charge in [0.05, 0.1) is 0 Å². The third-order valence-corrected chi connectivity index (χ3v) is 3.02. The number of carboxylic acid groups (broad SMARTS) is 1. The average molecular weight is 252 g/mol. The highest BCUT2D eigenvalue weighted by Crippen LogP contribution is 2.21. The minimum Gasteiger partial charge on any atom is -0.476 e. The van der Waals surface area contributed by atoms with E-state index >= 15 is 0 Å². The van der Waals surface area contributed by atoms with Gasteiger partial charge in [-0.25, -0.2) is 9.78 Å². The Morgan fingerprint density at radius 1 is 1.16 bits per heavy atom. The average Bonchev–Trinajstić information content (AvgIpc) is 2.81. The van der Waals surface area contributed by atoms with Gasteiger partial charge in [-0.3, -0.25) is 0 Å². The third kappa shape index (κ3) is 2.08. The molecular formula is C15H12N2O2. The second-order valence-electron chi connectivity index (χ2n) is 4.48. The Morgan fingerprint density at radius 2 is 2.00 bits per heavy atom. The van der Waals surface area contributed by atoms with Crippen molar-refractivity contribution in [2.75, 3.05) is 0 Å². The molecule has 0 aliphatic rings. The number of hydrogen-bond donors (Lipinski definition) is 1. The van der Waals surface area contributed by atoms with Crippen LogP contribution in [0.2, 0.25) is 0 Å². The van der Waals surface area contributed by atoms with Gasteiger partial charge < -0.3 is 9.51 Å². The summed E-state index contributed by atoms with van der Waals surface area (Å²) in [5.74, 6) is -1.01. The predicted octanol–water partition coefficient (Wildman–Crippen LogP) is 3.01. The van der Waals surface area contributed by atoms with Crippen LogP contribution in [0.3, 0.4) is 0 Å². The Bertz CT molecular complexity index is 775. The maximum atomic E-state index is 10.9. The van der Waals surface area contributed by atoms with Crippen molar-refractivity contribution in [1.82, 2.24) is 9.38 Å². The van der Waals surface area contributed by atoms with Crippen molar-refractivity contribution in [2.45, 2.75) is 6.92 Å². The van der Waals surface area contributed by atoms with E-state index in [4.69, 9.17) is 5.11 Å². The molecule has 0 saturated heterocycles. The van der Waals surface area contributed by atoms with Crippen molar-refractivity contribution < 1.29 is 9.90 Å². The summed E-state index contributed by atoms with van der Waals surface area (Å²) < 4.78 is 1.74. The van der Waals surface area contributed by atoms with Gasteiger partial charge in [0.15, 0.2) is 5.69 Å². The third-order valence-electron chi connectivity index (χ3n) is 3.02. The van der Waals surface area contributed by atoms with Crippen LogP contribution < -0.4 is 0 Å². The zero-order valence-corrected chi connectivity index (χ0v) is 10.4. The molecule has 0 aliphatic heterocycles. The molecule has 3 rings (SSSR count). The number of nitrogens with zero attached hydrogens (tertiary/aromatic N) is 2. The SMILES string of the molecule is Cc1cccc(-c2ccc3nc(C(=O)O)cn3c2)c1. The summed E-state index contributed by atoms with van der Waals surface area (Å²) in [4.78, 5) is 14.9. The minimum absolute atomic E-state index is 0.0568. The van der Waals surface area contributed by atoms with E-state index in [2.05, 4.69) is 11.1 Å². The summed E-state index contributed by atoms with van der Waals surface area (Å²) in [5, 5.41) is 8.93. The topological polar surface area (TPSA) is 54.6 Å². The van der Waals surface area contributed by atoms with Crippen molar-refractivity contribution in [3.05, 3.63) is 60.0 Å². The Kier molecular flexibility index (Phi) is 2.56. The van der Waals surface area contributed by atoms with Crippen molar-refractivity contribution in [1.29, 1.82) is 0 Å². The fourth-order valence-electron chi connectivity index (χ4n) is 2.09. The Hall–Kier alpha value is -2.62. The highest BCUT2D eigenvalue weighted by molar-refractivity contribution is 5.86. The summed E-state index contributed by atoms with van der Waals surface area (Å²) in [6.45, 7) is 2.04. The first-order chi connectivity index (χ1) is 9.13. The normalized spacial score (nSPS) is 10.8. The summed E-state index contributed by atoms with van der Waals surface area (Å²) in [7, 11) is 0. The number of carboxylic acids is 1. The van der Waals surface area contributed by atoms with Crippen LogP contribution in [0.25, 0.3) is 16.8 Å². The lowest BCUT2D eigenvalue weighted by Gasteiger charge is -2.03. The van der Waals surface area contributed by atoms with E-state index in [-0.39, 0.29) is 5.69 Å². The molecule has 4 heteroatoms. The first kappa shape index (κ1) is 11.5. The molecule has 2 heterocycles. The van der Waals surface area contributed by atoms with E-state index in [1.165, 1.54) is 11.8 Å². The number of aromatic nitrogens is 2. The van der Waals surface area contributed by atoms with Crippen LogP contribution in [0.1, 0.15) is 16.1 Å². The minimum atomic E-state index is -1.01. The van der Waals surface area contributed by atoms with Gasteiger partial charge in [-0.1, -0.05) is 29.8 Å². The number of carbonyl (C=O) groups is 1. The number of aryl methyl sites for hydroxylation is 1. The molecule has 0 atom stereocenters. The number of benzene rings is 1. The molecule has 4 nitrogen and oxygen atoms in total. The molecule has 3 aromatic rings. The fraction of sp³-hybridized carbons (Fsp3) is 0.0667. The Balaban J connectivity index is 2.13. The van der Waals surface area contributed by atoms with E-state index in [0.717, 1.165) is 11.1 Å². The van der Waals surface area contributed by atoms with Crippen LogP contribution >= 0.6 is 0 Å². The molecule has 0 saturated carbocycles. The number of imidazole rings is 1. The Morgan fingerprint density at radius 3 is 2.74 bits per heavy atom. The van der Waals surface area contributed by atoms with Crippen molar-refractivity contribution in [3.63, 3.8) is 0 Å². The second kappa shape index (κ2) is 4.24. The van der Waals surface area contributed by atoms with Crippen LogP contribution in [0.4, 0.5) is 0 Å². The van der Waals surface area contributed by atoms with Crippen molar-refractivity contribution >= 4 is 11.6 Å². The first-order valence-electron chi connectivity index (χ1n) is 5.92. The lowest BCUT2D eigenvalue weighted by Crippen LogP contribution is -1.94. The fourth-order valence-corrected chi connectivity index (χ4v) is 2.09. The molecule has 0 amide bonds. The summed E-state index contributed by atoms with van der Waals surface area (Å²) in [5.41, 5.74) is 4.02. The molecule has 0 aliphatic carbocycles. The lowest BCUT2D eigenvalue weighted by atomic mass is 10.1. The molecule has 0 spiro atoms. The highest BCUT2D eigenvalue weighted by Gasteiger charge is 2.09. The molecule has 94 valence electrons. The van der Waals surface area contributed by atoms with Gasteiger partial charge in [0.1, 0.15) is 5.65 Å². The molecule has 19 heavy (non-hydrogen) atoms. The van der Waals surface area contributed by atoms with E-state index in [1.54, 1.807) is 4.40 Å².